The molecule has 0 saturated carbocycles. The number of nitrogens with zero attached hydrogens (tertiary/aromatic N) is 1. The Labute approximate surface area is 105 Å². The molecule has 0 heterocycles. The van der Waals surface area contributed by atoms with Gasteiger partial charge in [-0.05, 0) is 18.9 Å². The van der Waals surface area contributed by atoms with Gasteiger partial charge in [-0.25, -0.2) is 0 Å². The van der Waals surface area contributed by atoms with Crippen LogP contribution in [0, 0.1) is 16.0 Å². The number of benzene rings is 1. The van der Waals surface area contributed by atoms with Gasteiger partial charge in [0.1, 0.15) is 5.56 Å². The molecule has 0 aliphatic carbocycles. The van der Waals surface area contributed by atoms with Crippen LogP contribution in [0.15, 0.2) is 24.3 Å². The molecule has 1 rings (SSSR count). The van der Waals surface area contributed by atoms with Gasteiger partial charge in [-0.1, -0.05) is 19.1 Å². The van der Waals surface area contributed by atoms with E-state index in [1.807, 2.05) is 0 Å². The highest BCUT2D eigenvalue weighted by molar-refractivity contribution is 5.98. The zero-order chi connectivity index (χ0) is 13.7. The molecule has 0 aliphatic rings. The van der Waals surface area contributed by atoms with Crippen LogP contribution in [0.3, 0.4) is 0 Å². The molecule has 2 atom stereocenters. The van der Waals surface area contributed by atoms with Gasteiger partial charge >= 0.3 is 0 Å². The number of nitro groups is 1. The van der Waals surface area contributed by atoms with Crippen molar-refractivity contribution in [3.05, 3.63) is 39.9 Å². The molecule has 98 valence electrons. The van der Waals surface area contributed by atoms with Crippen LogP contribution in [0.2, 0.25) is 0 Å². The minimum Gasteiger partial charge on any atom is -0.396 e. The normalized spacial score (nSPS) is 13.7. The zero-order valence-corrected chi connectivity index (χ0v) is 10.3. The lowest BCUT2D eigenvalue weighted by atomic mass is 10.0. The number of hydrogen-bond acceptors (Lipinski definition) is 4. The molecule has 2 unspecified atom stereocenters. The second-order valence-corrected chi connectivity index (χ2v) is 4.20. The first kappa shape index (κ1) is 14.1. The van der Waals surface area contributed by atoms with E-state index in [-0.39, 0.29) is 29.8 Å². The smallest absolute Gasteiger partial charge is 0.282 e. The molecule has 0 radical (unpaired) electrons. The Hall–Kier alpha value is -1.95. The lowest BCUT2D eigenvalue weighted by Crippen LogP contribution is -2.38. The van der Waals surface area contributed by atoms with Crippen molar-refractivity contribution >= 4 is 11.6 Å². The van der Waals surface area contributed by atoms with Crippen LogP contribution in [0.25, 0.3) is 0 Å². The molecule has 0 aliphatic heterocycles. The molecule has 18 heavy (non-hydrogen) atoms. The topological polar surface area (TPSA) is 92.5 Å². The van der Waals surface area contributed by atoms with Crippen molar-refractivity contribution in [2.24, 2.45) is 5.92 Å². The quantitative estimate of drug-likeness (QED) is 0.611. The molecule has 6 heteroatoms. The second kappa shape index (κ2) is 6.11. The maximum absolute atomic E-state index is 11.9. The van der Waals surface area contributed by atoms with Crippen LogP contribution in [0.1, 0.15) is 24.2 Å². The number of rotatable bonds is 5. The van der Waals surface area contributed by atoms with E-state index in [9.17, 15) is 14.9 Å². The van der Waals surface area contributed by atoms with Crippen molar-refractivity contribution < 1.29 is 14.8 Å². The Morgan fingerprint density at radius 1 is 1.44 bits per heavy atom. The molecule has 2 N–H and O–H groups in total. The molecule has 0 spiro atoms. The Morgan fingerprint density at radius 3 is 2.61 bits per heavy atom. The van der Waals surface area contributed by atoms with Gasteiger partial charge in [-0.3, -0.25) is 14.9 Å². The first-order valence-electron chi connectivity index (χ1n) is 5.62. The minimum absolute atomic E-state index is 0.0273. The van der Waals surface area contributed by atoms with Gasteiger partial charge in [0.15, 0.2) is 0 Å². The van der Waals surface area contributed by atoms with Crippen molar-refractivity contribution in [2.75, 3.05) is 6.61 Å². The number of nitro benzene ring substituents is 1. The van der Waals surface area contributed by atoms with Crippen LogP contribution >= 0.6 is 0 Å². The number of aliphatic hydroxyl groups excluding tert-OH is 1. The molecule has 0 saturated heterocycles. The van der Waals surface area contributed by atoms with Crippen LogP contribution < -0.4 is 5.32 Å². The number of para-hydroxylation sites is 1. The van der Waals surface area contributed by atoms with E-state index in [2.05, 4.69) is 5.32 Å². The van der Waals surface area contributed by atoms with E-state index < -0.39 is 10.8 Å². The molecule has 0 fully saturated rings. The number of hydrogen-bond donors (Lipinski definition) is 2. The first-order valence-corrected chi connectivity index (χ1v) is 5.62. The number of aliphatic hydroxyl groups is 1. The summed E-state index contributed by atoms with van der Waals surface area (Å²) in [6.07, 6.45) is 0. The van der Waals surface area contributed by atoms with Crippen molar-refractivity contribution in [1.29, 1.82) is 0 Å². The molecule has 0 bridgehead atoms. The average molecular weight is 252 g/mol. The summed E-state index contributed by atoms with van der Waals surface area (Å²) < 4.78 is 0. The van der Waals surface area contributed by atoms with Crippen LogP contribution in [-0.4, -0.2) is 28.6 Å². The maximum atomic E-state index is 11.9. The molecule has 6 nitrogen and oxygen atoms in total. The number of carbonyl (C=O) groups is 1. The highest BCUT2D eigenvalue weighted by Gasteiger charge is 2.21. The Balaban J connectivity index is 2.88. The maximum Gasteiger partial charge on any atom is 0.282 e. The van der Waals surface area contributed by atoms with E-state index in [1.165, 1.54) is 18.2 Å². The fraction of sp³-hybridized carbons (Fsp3) is 0.417. The van der Waals surface area contributed by atoms with Crippen LogP contribution in [0.5, 0.6) is 0 Å². The van der Waals surface area contributed by atoms with E-state index in [0.29, 0.717) is 0 Å². The fourth-order valence-electron chi connectivity index (χ4n) is 1.41. The van der Waals surface area contributed by atoms with Gasteiger partial charge in [-0.15, -0.1) is 0 Å². The standard InChI is InChI=1S/C12H16N2O4/c1-8(7-15)9(2)13-12(16)10-5-3-4-6-11(10)14(17)18/h3-6,8-9,15H,7H2,1-2H3,(H,13,16). The monoisotopic (exact) mass is 252 g/mol. The Bertz CT molecular complexity index is 447. The lowest BCUT2D eigenvalue weighted by Gasteiger charge is -2.19. The van der Waals surface area contributed by atoms with Gasteiger partial charge in [0, 0.05) is 18.7 Å². The summed E-state index contributed by atoms with van der Waals surface area (Å²) in [5.74, 6) is -0.619. The van der Waals surface area contributed by atoms with Gasteiger partial charge in [0.2, 0.25) is 0 Å². The van der Waals surface area contributed by atoms with Gasteiger partial charge in [-0.2, -0.15) is 0 Å². The highest BCUT2D eigenvalue weighted by Crippen LogP contribution is 2.17. The van der Waals surface area contributed by atoms with Gasteiger partial charge in [0.05, 0.1) is 4.92 Å². The fourth-order valence-corrected chi connectivity index (χ4v) is 1.41. The number of nitrogens with one attached hydrogen (secondary N) is 1. The number of amides is 1. The first-order chi connectivity index (χ1) is 8.47. The predicted molar refractivity (Wildman–Crippen MR) is 66.3 cm³/mol. The Morgan fingerprint density at radius 2 is 2.06 bits per heavy atom. The van der Waals surface area contributed by atoms with Gasteiger partial charge in [0.25, 0.3) is 11.6 Å². The van der Waals surface area contributed by atoms with Crippen LogP contribution in [0.4, 0.5) is 5.69 Å². The lowest BCUT2D eigenvalue weighted by molar-refractivity contribution is -0.385. The van der Waals surface area contributed by atoms with Crippen molar-refractivity contribution in [3.8, 4) is 0 Å². The van der Waals surface area contributed by atoms with Crippen molar-refractivity contribution in [3.63, 3.8) is 0 Å². The summed E-state index contributed by atoms with van der Waals surface area (Å²) in [6, 6.07) is 5.51. The summed E-state index contributed by atoms with van der Waals surface area (Å²) in [6.45, 7) is 3.47. The van der Waals surface area contributed by atoms with Crippen molar-refractivity contribution in [2.45, 2.75) is 19.9 Å². The SMILES string of the molecule is CC(CO)C(C)NC(=O)c1ccccc1[N+](=O)[O-]. The van der Waals surface area contributed by atoms with E-state index in [4.69, 9.17) is 5.11 Å². The molecule has 1 aromatic rings. The largest absolute Gasteiger partial charge is 0.396 e. The summed E-state index contributed by atoms with van der Waals surface area (Å²) in [4.78, 5) is 22.1. The average Bonchev–Trinajstić information content (AvgIpc) is 2.37. The predicted octanol–water partition coefficient (Wildman–Crippen LogP) is 1.34. The third-order valence-corrected chi connectivity index (χ3v) is 2.85. The summed E-state index contributed by atoms with van der Waals surface area (Å²) in [5, 5.41) is 22.4. The minimum atomic E-state index is -0.588. The van der Waals surface area contributed by atoms with E-state index in [1.54, 1.807) is 19.9 Å². The molecular weight excluding hydrogens is 236 g/mol. The molecular formula is C12H16N2O4. The highest BCUT2D eigenvalue weighted by atomic mass is 16.6. The Kier molecular flexibility index (Phi) is 4.79. The second-order valence-electron chi connectivity index (χ2n) is 4.20. The summed E-state index contributed by atoms with van der Waals surface area (Å²) in [7, 11) is 0. The zero-order valence-electron chi connectivity index (χ0n) is 10.3. The third-order valence-electron chi connectivity index (χ3n) is 2.85. The molecule has 1 aromatic carbocycles. The van der Waals surface area contributed by atoms with Crippen molar-refractivity contribution in [1.82, 2.24) is 5.32 Å². The van der Waals surface area contributed by atoms with E-state index >= 15 is 0 Å². The molecule has 0 aromatic heterocycles. The van der Waals surface area contributed by atoms with E-state index in [0.717, 1.165) is 0 Å². The number of carbonyl (C=O) groups excluding carboxylic acids is 1. The summed E-state index contributed by atoms with van der Waals surface area (Å²) in [5.41, 5.74) is -0.196. The van der Waals surface area contributed by atoms with Crippen LogP contribution in [-0.2, 0) is 0 Å². The third kappa shape index (κ3) is 3.27. The summed E-state index contributed by atoms with van der Waals surface area (Å²) >= 11 is 0. The molecule has 1 amide bonds. The van der Waals surface area contributed by atoms with Gasteiger partial charge < -0.3 is 10.4 Å².